The first-order valence-electron chi connectivity index (χ1n) is 5.20. The maximum absolute atomic E-state index is 5.51. The molecule has 0 radical (unpaired) electrons. The second-order valence-corrected chi connectivity index (χ2v) is 4.04. The lowest BCUT2D eigenvalue weighted by molar-refractivity contribution is 0.282. The maximum Gasteiger partial charge on any atom is 0.0950 e. The molecular formula is C10H18N4. The van der Waals surface area contributed by atoms with Crippen molar-refractivity contribution in [1.29, 1.82) is 0 Å². The van der Waals surface area contributed by atoms with Gasteiger partial charge < -0.3 is 15.2 Å². The van der Waals surface area contributed by atoms with Crippen LogP contribution in [0.3, 0.4) is 0 Å². The van der Waals surface area contributed by atoms with Crippen LogP contribution in [0.2, 0.25) is 0 Å². The van der Waals surface area contributed by atoms with Crippen LogP contribution in [-0.2, 0) is 13.1 Å². The van der Waals surface area contributed by atoms with Crippen molar-refractivity contribution >= 4 is 0 Å². The molecule has 78 valence electrons. The quantitative estimate of drug-likeness (QED) is 0.759. The summed E-state index contributed by atoms with van der Waals surface area (Å²) >= 11 is 0. The third-order valence-corrected chi connectivity index (χ3v) is 2.99. The Balaban J connectivity index is 1.96. The Bertz CT molecular complexity index is 294. The van der Waals surface area contributed by atoms with Gasteiger partial charge in [0.15, 0.2) is 0 Å². The van der Waals surface area contributed by atoms with Crippen molar-refractivity contribution in [3.05, 3.63) is 18.2 Å². The Morgan fingerprint density at radius 2 is 2.50 bits per heavy atom. The summed E-state index contributed by atoms with van der Waals surface area (Å²) in [5.74, 6) is 0. The highest BCUT2D eigenvalue weighted by Gasteiger charge is 2.20. The Labute approximate surface area is 84.7 Å². The molecule has 1 aromatic heterocycles. The highest BCUT2D eigenvalue weighted by molar-refractivity contribution is 4.96. The zero-order valence-electron chi connectivity index (χ0n) is 8.69. The molecule has 0 aliphatic carbocycles. The predicted molar refractivity (Wildman–Crippen MR) is 55.8 cm³/mol. The van der Waals surface area contributed by atoms with Crippen LogP contribution < -0.4 is 5.73 Å². The monoisotopic (exact) mass is 194 g/mol. The minimum absolute atomic E-state index is 0.535. The van der Waals surface area contributed by atoms with Crippen molar-refractivity contribution in [1.82, 2.24) is 14.5 Å². The van der Waals surface area contributed by atoms with Gasteiger partial charge in [-0.25, -0.2) is 4.98 Å². The van der Waals surface area contributed by atoms with Crippen molar-refractivity contribution in [2.45, 2.75) is 32.0 Å². The van der Waals surface area contributed by atoms with Crippen LogP contribution in [0.1, 0.15) is 18.5 Å². The molecule has 4 heteroatoms. The van der Waals surface area contributed by atoms with Crippen molar-refractivity contribution in [3.63, 3.8) is 0 Å². The fourth-order valence-corrected chi connectivity index (χ4v) is 2.06. The lowest BCUT2D eigenvalue weighted by atomic mass is 10.2. The van der Waals surface area contributed by atoms with Crippen molar-refractivity contribution in [2.75, 3.05) is 13.6 Å². The molecule has 0 bridgehead atoms. The summed E-state index contributed by atoms with van der Waals surface area (Å²) < 4.78 is 2.15. The molecule has 1 aliphatic heterocycles. The molecule has 14 heavy (non-hydrogen) atoms. The van der Waals surface area contributed by atoms with Crippen molar-refractivity contribution in [3.8, 4) is 0 Å². The van der Waals surface area contributed by atoms with E-state index in [-0.39, 0.29) is 0 Å². The summed E-state index contributed by atoms with van der Waals surface area (Å²) in [5, 5.41) is 0. The van der Waals surface area contributed by atoms with Crippen LogP contribution in [0.4, 0.5) is 0 Å². The molecule has 0 saturated carbocycles. The summed E-state index contributed by atoms with van der Waals surface area (Å²) in [6.45, 7) is 2.81. The van der Waals surface area contributed by atoms with E-state index in [1.165, 1.54) is 19.4 Å². The largest absolute Gasteiger partial charge is 0.336 e. The molecule has 1 saturated heterocycles. The van der Waals surface area contributed by atoms with E-state index in [1.807, 2.05) is 12.5 Å². The van der Waals surface area contributed by atoms with Crippen LogP contribution in [0.15, 0.2) is 12.5 Å². The first kappa shape index (κ1) is 9.68. The average molecular weight is 194 g/mol. The summed E-state index contributed by atoms with van der Waals surface area (Å²) in [4.78, 5) is 6.64. The third-order valence-electron chi connectivity index (χ3n) is 2.99. The minimum atomic E-state index is 0.535. The van der Waals surface area contributed by atoms with E-state index >= 15 is 0 Å². The molecule has 0 aromatic carbocycles. The van der Waals surface area contributed by atoms with E-state index in [1.54, 1.807) is 0 Å². The van der Waals surface area contributed by atoms with Crippen LogP contribution in [0.5, 0.6) is 0 Å². The van der Waals surface area contributed by atoms with Gasteiger partial charge in [-0.3, -0.25) is 0 Å². The smallest absolute Gasteiger partial charge is 0.0950 e. The molecular weight excluding hydrogens is 176 g/mol. The van der Waals surface area contributed by atoms with Gasteiger partial charge in [0.05, 0.1) is 12.0 Å². The number of likely N-dealkylation sites (N-methyl/N-ethyl adjacent to an activating group) is 1. The van der Waals surface area contributed by atoms with Crippen LogP contribution >= 0.6 is 0 Å². The Hall–Kier alpha value is -0.870. The number of hydrogen-bond donors (Lipinski definition) is 1. The molecule has 1 atom stereocenters. The highest BCUT2D eigenvalue weighted by Crippen LogP contribution is 2.16. The van der Waals surface area contributed by atoms with Gasteiger partial charge in [0.1, 0.15) is 0 Å². The molecule has 2 N–H and O–H groups in total. The predicted octanol–water partition coefficient (Wildman–Crippen LogP) is 0.436. The fraction of sp³-hybridized carbons (Fsp3) is 0.700. The standard InChI is InChI=1S/C10H18N4/c1-13-4-2-3-10(13)7-14-6-9(5-11)12-8-14/h6,8,10H,2-5,7,11H2,1H3. The van der Waals surface area contributed by atoms with Gasteiger partial charge in [-0.05, 0) is 26.4 Å². The minimum Gasteiger partial charge on any atom is -0.336 e. The summed E-state index contributed by atoms with van der Waals surface area (Å²) in [6.07, 6.45) is 6.55. The zero-order valence-corrected chi connectivity index (χ0v) is 8.69. The average Bonchev–Trinajstić information content (AvgIpc) is 2.77. The molecule has 0 spiro atoms. The first-order chi connectivity index (χ1) is 6.79. The molecule has 1 aliphatic rings. The molecule has 0 amide bonds. The van der Waals surface area contributed by atoms with E-state index in [0.29, 0.717) is 12.6 Å². The van der Waals surface area contributed by atoms with Crippen molar-refractivity contribution in [2.24, 2.45) is 5.73 Å². The number of hydrogen-bond acceptors (Lipinski definition) is 3. The van der Waals surface area contributed by atoms with Crippen molar-refractivity contribution < 1.29 is 0 Å². The Kier molecular flexibility index (Phi) is 2.84. The van der Waals surface area contributed by atoms with Gasteiger partial charge in [0.25, 0.3) is 0 Å². The van der Waals surface area contributed by atoms with Crippen LogP contribution in [0.25, 0.3) is 0 Å². The van der Waals surface area contributed by atoms with E-state index in [9.17, 15) is 0 Å². The zero-order chi connectivity index (χ0) is 9.97. The van der Waals surface area contributed by atoms with Gasteiger partial charge in [-0.1, -0.05) is 0 Å². The Morgan fingerprint density at radius 1 is 1.64 bits per heavy atom. The van der Waals surface area contributed by atoms with Gasteiger partial charge in [0, 0.05) is 25.3 Å². The van der Waals surface area contributed by atoms with Gasteiger partial charge in [-0.15, -0.1) is 0 Å². The third kappa shape index (κ3) is 1.96. The number of rotatable bonds is 3. The summed E-state index contributed by atoms with van der Waals surface area (Å²) in [7, 11) is 2.19. The molecule has 1 fully saturated rings. The number of nitrogens with zero attached hydrogens (tertiary/aromatic N) is 3. The summed E-state index contributed by atoms with van der Waals surface area (Å²) in [5.41, 5.74) is 6.49. The molecule has 1 aromatic rings. The van der Waals surface area contributed by atoms with E-state index in [0.717, 1.165) is 12.2 Å². The highest BCUT2D eigenvalue weighted by atomic mass is 15.2. The van der Waals surface area contributed by atoms with E-state index in [4.69, 9.17) is 5.73 Å². The van der Waals surface area contributed by atoms with Gasteiger partial charge in [0.2, 0.25) is 0 Å². The normalized spacial score (nSPS) is 23.1. The number of aromatic nitrogens is 2. The van der Waals surface area contributed by atoms with Gasteiger partial charge >= 0.3 is 0 Å². The topological polar surface area (TPSA) is 47.1 Å². The second-order valence-electron chi connectivity index (χ2n) is 4.04. The summed E-state index contributed by atoms with van der Waals surface area (Å²) in [6, 6.07) is 0.676. The SMILES string of the molecule is CN1CCCC1Cn1cnc(CN)c1. The van der Waals surface area contributed by atoms with Crippen LogP contribution in [-0.4, -0.2) is 34.1 Å². The fourth-order valence-electron chi connectivity index (χ4n) is 2.06. The lowest BCUT2D eigenvalue weighted by Crippen LogP contribution is -2.28. The number of likely N-dealkylation sites (tertiary alicyclic amines) is 1. The lowest BCUT2D eigenvalue weighted by Gasteiger charge is -2.19. The molecule has 4 nitrogen and oxygen atoms in total. The van der Waals surface area contributed by atoms with Crippen LogP contribution in [0, 0.1) is 0 Å². The van der Waals surface area contributed by atoms with E-state index in [2.05, 4.69) is 21.5 Å². The maximum atomic E-state index is 5.51. The number of imidazole rings is 1. The first-order valence-corrected chi connectivity index (χ1v) is 5.20. The molecule has 2 heterocycles. The van der Waals surface area contributed by atoms with Gasteiger partial charge in [-0.2, -0.15) is 0 Å². The number of nitrogens with two attached hydrogens (primary N) is 1. The Morgan fingerprint density at radius 3 is 3.07 bits per heavy atom. The second kappa shape index (κ2) is 4.11. The molecule has 1 unspecified atom stereocenters. The molecule has 2 rings (SSSR count). The van der Waals surface area contributed by atoms with E-state index < -0.39 is 0 Å².